The molecule has 0 saturated carbocycles. The van der Waals surface area contributed by atoms with Crippen LogP contribution in [0.15, 0.2) is 96.0 Å². The molecule has 0 fully saturated rings. The number of hydrogen-bond donors (Lipinski definition) is 3. The molecule has 14 heteroatoms. The number of aryl methyl sites for hydroxylation is 2. The molecule has 5 aromatic rings. The van der Waals surface area contributed by atoms with Gasteiger partial charge in [-0.1, -0.05) is 23.8 Å². The molecule has 0 radical (unpaired) electrons. The average Bonchev–Trinajstić information content (AvgIpc) is 3.39. The minimum Gasteiger partial charge on any atom is -0.744 e. The summed E-state index contributed by atoms with van der Waals surface area (Å²) in [5, 5.41) is 8.97. The van der Waals surface area contributed by atoms with Crippen molar-refractivity contribution in [3.63, 3.8) is 0 Å². The molecule has 2 heterocycles. The van der Waals surface area contributed by atoms with Gasteiger partial charge in [-0.2, -0.15) is 0 Å². The fourth-order valence-corrected chi connectivity index (χ4v) is 5.10. The van der Waals surface area contributed by atoms with E-state index < -0.39 is 10.1 Å². The van der Waals surface area contributed by atoms with Crippen LogP contribution in [0.4, 0.5) is 11.5 Å². The SMILES string of the molecule is CCOC(=O)CCN(C(=O)c1ccc2c(c1)nc(CNc1ccc(C(N)=[NH2+])cc1)n2C)c1ccccn1.Cc1ccc(S(=O)(=O)[O-])cc1. The number of benzene rings is 3. The molecule has 48 heavy (non-hydrogen) atoms. The number of fused-ring (bicyclic) bond motifs is 1. The van der Waals surface area contributed by atoms with Crippen molar-refractivity contribution in [3.05, 3.63) is 114 Å². The Morgan fingerprint density at radius 1 is 1.02 bits per heavy atom. The fraction of sp³-hybridized carbons (Fsp3) is 0.206. The van der Waals surface area contributed by atoms with Gasteiger partial charge in [-0.25, -0.2) is 18.4 Å². The predicted octanol–water partition coefficient (Wildman–Crippen LogP) is 2.54. The van der Waals surface area contributed by atoms with Gasteiger partial charge >= 0.3 is 5.97 Å². The highest BCUT2D eigenvalue weighted by Crippen LogP contribution is 2.21. The van der Waals surface area contributed by atoms with Crippen molar-refractivity contribution < 1.29 is 32.7 Å². The second-order valence-corrected chi connectivity index (χ2v) is 12.0. The number of nitrogens with one attached hydrogen (secondary N) is 1. The van der Waals surface area contributed by atoms with Gasteiger partial charge in [-0.15, -0.1) is 0 Å². The Hall–Kier alpha value is -5.60. The van der Waals surface area contributed by atoms with Crippen LogP contribution in [0.1, 0.15) is 40.7 Å². The van der Waals surface area contributed by atoms with Gasteiger partial charge in [0.25, 0.3) is 11.7 Å². The summed E-state index contributed by atoms with van der Waals surface area (Å²) in [5.74, 6) is 0.897. The Morgan fingerprint density at radius 3 is 2.31 bits per heavy atom. The zero-order chi connectivity index (χ0) is 34.8. The third kappa shape index (κ3) is 9.24. The number of pyridine rings is 1. The second-order valence-electron chi connectivity index (χ2n) is 10.6. The van der Waals surface area contributed by atoms with E-state index in [0.29, 0.717) is 23.4 Å². The molecule has 5 N–H and O–H groups in total. The summed E-state index contributed by atoms with van der Waals surface area (Å²) in [6.45, 7) is 4.49. The van der Waals surface area contributed by atoms with Crippen LogP contribution < -0.4 is 21.4 Å². The maximum Gasteiger partial charge on any atom is 0.307 e. The zero-order valence-corrected chi connectivity index (χ0v) is 27.6. The molecule has 250 valence electrons. The Bertz CT molecular complexity index is 2000. The van der Waals surface area contributed by atoms with Gasteiger partial charge in [0.2, 0.25) is 0 Å². The fourth-order valence-electron chi connectivity index (χ4n) is 4.63. The van der Waals surface area contributed by atoms with Gasteiger partial charge in [0.05, 0.1) is 41.1 Å². The molecule has 0 aliphatic rings. The third-order valence-corrected chi connectivity index (χ3v) is 8.06. The average molecular weight is 672 g/mol. The number of imidazole rings is 1. The van der Waals surface area contributed by atoms with E-state index in [4.69, 9.17) is 20.9 Å². The lowest BCUT2D eigenvalue weighted by molar-refractivity contribution is -0.142. The monoisotopic (exact) mass is 671 g/mol. The number of esters is 1. The summed E-state index contributed by atoms with van der Waals surface area (Å²) < 4.78 is 38.2. The normalized spacial score (nSPS) is 10.9. The van der Waals surface area contributed by atoms with E-state index in [9.17, 15) is 22.6 Å². The predicted molar refractivity (Wildman–Crippen MR) is 181 cm³/mol. The summed E-state index contributed by atoms with van der Waals surface area (Å²) in [4.78, 5) is 35.8. The molecule has 0 saturated heterocycles. The van der Waals surface area contributed by atoms with Gasteiger partial charge in [0, 0.05) is 31.0 Å². The molecule has 3 aromatic carbocycles. The van der Waals surface area contributed by atoms with Crippen LogP contribution in [-0.4, -0.2) is 58.4 Å². The van der Waals surface area contributed by atoms with Crippen LogP contribution in [0, 0.1) is 6.92 Å². The summed E-state index contributed by atoms with van der Waals surface area (Å²) in [7, 11) is -2.34. The van der Waals surface area contributed by atoms with Crippen LogP contribution >= 0.6 is 0 Å². The summed E-state index contributed by atoms with van der Waals surface area (Å²) in [6.07, 6.45) is 1.67. The first-order chi connectivity index (χ1) is 22.9. The minimum atomic E-state index is -4.27. The lowest BCUT2D eigenvalue weighted by Gasteiger charge is -2.21. The smallest absolute Gasteiger partial charge is 0.307 e. The highest BCUT2D eigenvalue weighted by Gasteiger charge is 2.21. The van der Waals surface area contributed by atoms with Gasteiger partial charge < -0.3 is 19.2 Å². The summed E-state index contributed by atoms with van der Waals surface area (Å²) in [5.41, 5.74) is 10.3. The lowest BCUT2D eigenvalue weighted by atomic mass is 10.1. The summed E-state index contributed by atoms with van der Waals surface area (Å²) in [6, 6.07) is 24.0. The number of carbonyl (C=O) groups excluding carboxylic acids is 2. The van der Waals surface area contributed by atoms with Crippen molar-refractivity contribution >= 4 is 50.4 Å². The van der Waals surface area contributed by atoms with Crippen LogP contribution in [-0.2, 0) is 33.2 Å². The number of amidine groups is 1. The third-order valence-electron chi connectivity index (χ3n) is 7.21. The van der Waals surface area contributed by atoms with Crippen molar-refractivity contribution in [1.82, 2.24) is 14.5 Å². The highest BCUT2D eigenvalue weighted by molar-refractivity contribution is 7.85. The number of rotatable bonds is 11. The van der Waals surface area contributed by atoms with Gasteiger partial charge in [-0.3, -0.25) is 25.6 Å². The number of carbonyl (C=O) groups is 2. The molecule has 0 atom stereocenters. The van der Waals surface area contributed by atoms with Gasteiger partial charge in [0.15, 0.2) is 0 Å². The van der Waals surface area contributed by atoms with Crippen molar-refractivity contribution in [2.45, 2.75) is 31.7 Å². The van der Waals surface area contributed by atoms with E-state index in [-0.39, 0.29) is 42.2 Å². The lowest BCUT2D eigenvalue weighted by Crippen LogP contribution is -2.46. The topological polar surface area (TPSA) is 198 Å². The molecular formula is C34H37N7O6S. The first-order valence-electron chi connectivity index (χ1n) is 15.0. The van der Waals surface area contributed by atoms with Gasteiger partial charge in [-0.05, 0) is 80.6 Å². The van der Waals surface area contributed by atoms with E-state index in [1.165, 1.54) is 17.0 Å². The molecule has 0 aliphatic carbocycles. The second kappa shape index (κ2) is 15.8. The maximum absolute atomic E-state index is 13.5. The molecule has 0 bridgehead atoms. The van der Waals surface area contributed by atoms with Crippen molar-refractivity contribution in [2.24, 2.45) is 12.8 Å². The maximum atomic E-state index is 13.5. The van der Waals surface area contributed by atoms with Crippen LogP contribution in [0.3, 0.4) is 0 Å². The van der Waals surface area contributed by atoms with Crippen LogP contribution in [0.25, 0.3) is 11.0 Å². The molecule has 1 amide bonds. The number of aromatic nitrogens is 3. The molecule has 13 nitrogen and oxygen atoms in total. The Kier molecular flexibility index (Phi) is 11.6. The van der Waals surface area contributed by atoms with E-state index in [2.05, 4.69) is 10.3 Å². The molecule has 5 rings (SSSR count). The first kappa shape index (κ1) is 35.3. The summed E-state index contributed by atoms with van der Waals surface area (Å²) >= 11 is 0. The highest BCUT2D eigenvalue weighted by atomic mass is 32.2. The zero-order valence-electron chi connectivity index (χ0n) is 26.8. The number of nitrogens with zero attached hydrogens (tertiary/aromatic N) is 4. The molecule has 0 spiro atoms. The van der Waals surface area contributed by atoms with E-state index in [1.807, 2.05) is 48.9 Å². The first-order valence-corrected chi connectivity index (χ1v) is 16.4. The van der Waals surface area contributed by atoms with Crippen molar-refractivity contribution in [3.8, 4) is 0 Å². The van der Waals surface area contributed by atoms with Crippen LogP contribution in [0.5, 0.6) is 0 Å². The number of nitrogens with two attached hydrogens (primary N) is 2. The number of hydrogen-bond acceptors (Lipinski definition) is 9. The Morgan fingerprint density at radius 2 is 1.71 bits per heavy atom. The Balaban J connectivity index is 0.000000401. The molecule has 2 aromatic heterocycles. The standard InChI is InChI=1S/C27H29N7O3.C7H8O3S/c1-3-37-25(35)13-15-34(23-6-4-5-14-30-23)27(36)19-9-12-22-21(16-19)32-24(33(22)2)17-31-20-10-7-18(8-11-20)26(28)29;1-6-2-4-7(5-3-6)11(8,9)10/h4-12,14,16,31H,3,13,15,17H2,1-2H3,(H3,28,29);2-5H,1H3,(H,8,9,10). The number of ether oxygens (including phenoxy) is 1. The largest absolute Gasteiger partial charge is 0.744 e. The van der Waals surface area contributed by atoms with Crippen molar-refractivity contribution in [1.29, 1.82) is 0 Å². The molecular weight excluding hydrogens is 634 g/mol. The van der Waals surface area contributed by atoms with E-state index >= 15 is 0 Å². The Labute approximate surface area is 278 Å². The molecule has 0 aliphatic heterocycles. The number of anilines is 2. The minimum absolute atomic E-state index is 0.0642. The van der Waals surface area contributed by atoms with E-state index in [1.54, 1.807) is 55.6 Å². The van der Waals surface area contributed by atoms with E-state index in [0.717, 1.165) is 28.2 Å². The quantitative estimate of drug-likeness (QED) is 0.0812. The molecule has 0 unspecified atom stereocenters. The van der Waals surface area contributed by atoms with Gasteiger partial charge in [0.1, 0.15) is 21.8 Å². The number of amides is 1. The van der Waals surface area contributed by atoms with Crippen LogP contribution in [0.2, 0.25) is 0 Å². The van der Waals surface area contributed by atoms with Crippen molar-refractivity contribution in [2.75, 3.05) is 23.4 Å².